The topological polar surface area (TPSA) is 52.6 Å². The predicted octanol–water partition coefficient (Wildman–Crippen LogP) is 7.09. The lowest BCUT2D eigenvalue weighted by atomic mass is 9.89. The average Bonchev–Trinajstić information content (AvgIpc) is 2.79. The number of allylic oxidation sites excluding steroid dienone is 2. The predicted molar refractivity (Wildman–Crippen MR) is 125 cm³/mol. The Morgan fingerprint density at radius 2 is 1.71 bits per heavy atom. The highest BCUT2D eigenvalue weighted by molar-refractivity contribution is 5.72. The summed E-state index contributed by atoms with van der Waals surface area (Å²) < 4.78 is 11.1. The molecule has 0 spiro atoms. The van der Waals surface area contributed by atoms with Gasteiger partial charge in [-0.05, 0) is 50.0 Å². The smallest absolute Gasteiger partial charge is 0.306 e. The molecule has 172 valence electrons. The Balaban J connectivity index is 1.66. The maximum Gasteiger partial charge on any atom is 0.306 e. The summed E-state index contributed by atoms with van der Waals surface area (Å²) in [4.78, 5) is 24.3. The van der Waals surface area contributed by atoms with Gasteiger partial charge in [-0.25, -0.2) is 0 Å². The number of unbranched alkanes of at least 4 members (excludes halogenated alkanes) is 5. The zero-order chi connectivity index (χ0) is 22.2. The molecule has 0 saturated carbocycles. The van der Waals surface area contributed by atoms with E-state index in [1.807, 2.05) is 30.3 Å². The fourth-order valence-electron chi connectivity index (χ4n) is 4.01. The molecule has 0 radical (unpaired) electrons. The highest BCUT2D eigenvalue weighted by Crippen LogP contribution is 2.31. The van der Waals surface area contributed by atoms with Crippen molar-refractivity contribution in [3.8, 4) is 0 Å². The molecule has 0 fully saturated rings. The molecule has 31 heavy (non-hydrogen) atoms. The van der Waals surface area contributed by atoms with Crippen LogP contribution in [0.3, 0.4) is 0 Å². The lowest BCUT2D eigenvalue weighted by molar-refractivity contribution is -0.150. The van der Waals surface area contributed by atoms with Crippen LogP contribution in [0.4, 0.5) is 0 Å². The first kappa shape index (κ1) is 25.2. The number of rotatable bonds is 15. The third kappa shape index (κ3) is 11.2. The minimum atomic E-state index is -0.239. The molecule has 0 amide bonds. The van der Waals surface area contributed by atoms with Crippen molar-refractivity contribution in [2.75, 3.05) is 6.61 Å². The molecular weight excluding hydrogens is 388 g/mol. The van der Waals surface area contributed by atoms with Gasteiger partial charge in [0, 0.05) is 12.8 Å². The lowest BCUT2D eigenvalue weighted by Gasteiger charge is -2.24. The van der Waals surface area contributed by atoms with Crippen molar-refractivity contribution < 1.29 is 19.1 Å². The van der Waals surface area contributed by atoms with E-state index in [0.717, 1.165) is 37.7 Å². The molecule has 0 aromatic heterocycles. The van der Waals surface area contributed by atoms with Gasteiger partial charge in [-0.2, -0.15) is 0 Å². The van der Waals surface area contributed by atoms with E-state index >= 15 is 0 Å². The van der Waals surface area contributed by atoms with E-state index in [0.29, 0.717) is 18.9 Å². The second-order valence-corrected chi connectivity index (χ2v) is 8.59. The summed E-state index contributed by atoms with van der Waals surface area (Å²) in [7, 11) is 0. The Kier molecular flexibility index (Phi) is 12.7. The highest BCUT2D eigenvalue weighted by atomic mass is 16.5. The van der Waals surface area contributed by atoms with Gasteiger partial charge >= 0.3 is 11.9 Å². The summed E-state index contributed by atoms with van der Waals surface area (Å²) in [5.41, 5.74) is 1.04. The third-order valence-corrected chi connectivity index (χ3v) is 5.84. The highest BCUT2D eigenvalue weighted by Gasteiger charge is 2.21. The van der Waals surface area contributed by atoms with Gasteiger partial charge in [0.25, 0.3) is 0 Å². The fourth-order valence-corrected chi connectivity index (χ4v) is 4.01. The van der Waals surface area contributed by atoms with Crippen molar-refractivity contribution in [3.63, 3.8) is 0 Å². The summed E-state index contributed by atoms with van der Waals surface area (Å²) in [6.45, 7) is 2.69. The number of carbonyl (C=O) groups excluding carboxylic acids is 2. The van der Waals surface area contributed by atoms with Crippen LogP contribution in [-0.4, -0.2) is 18.5 Å². The zero-order valence-electron chi connectivity index (χ0n) is 19.2. The molecule has 0 bridgehead atoms. The zero-order valence-corrected chi connectivity index (χ0v) is 19.2. The molecule has 1 aromatic rings. The first-order valence-electron chi connectivity index (χ1n) is 12.3. The van der Waals surface area contributed by atoms with Crippen molar-refractivity contribution >= 4 is 11.9 Å². The first-order chi connectivity index (χ1) is 15.2. The van der Waals surface area contributed by atoms with Gasteiger partial charge in [-0.15, -0.1) is 0 Å². The van der Waals surface area contributed by atoms with Crippen LogP contribution in [0.5, 0.6) is 0 Å². The molecule has 1 aliphatic rings. The normalized spacial score (nSPS) is 16.6. The van der Waals surface area contributed by atoms with Gasteiger partial charge in [0.2, 0.25) is 0 Å². The number of hydrogen-bond acceptors (Lipinski definition) is 4. The van der Waals surface area contributed by atoms with Gasteiger partial charge in [-0.3, -0.25) is 9.59 Å². The maximum absolute atomic E-state index is 12.4. The number of benzene rings is 1. The van der Waals surface area contributed by atoms with E-state index in [2.05, 4.69) is 19.1 Å². The van der Waals surface area contributed by atoms with Crippen molar-refractivity contribution in [3.05, 3.63) is 48.0 Å². The van der Waals surface area contributed by atoms with Crippen LogP contribution >= 0.6 is 0 Å². The quantitative estimate of drug-likeness (QED) is 0.170. The largest absolute Gasteiger partial charge is 0.466 e. The monoisotopic (exact) mass is 428 g/mol. The van der Waals surface area contributed by atoms with Crippen molar-refractivity contribution in [1.29, 1.82) is 0 Å². The molecule has 0 saturated heterocycles. The van der Waals surface area contributed by atoms with Gasteiger partial charge in [0.1, 0.15) is 6.10 Å². The second-order valence-electron chi connectivity index (χ2n) is 8.59. The van der Waals surface area contributed by atoms with Crippen molar-refractivity contribution in [1.82, 2.24) is 0 Å². The first-order valence-corrected chi connectivity index (χ1v) is 12.3. The van der Waals surface area contributed by atoms with E-state index in [1.165, 1.54) is 32.1 Å². The molecule has 1 aromatic carbocycles. The maximum atomic E-state index is 12.4. The van der Waals surface area contributed by atoms with Crippen LogP contribution < -0.4 is 0 Å². The average molecular weight is 429 g/mol. The molecule has 2 unspecified atom stereocenters. The Bertz CT molecular complexity index is 652. The van der Waals surface area contributed by atoms with E-state index in [4.69, 9.17) is 9.47 Å². The summed E-state index contributed by atoms with van der Waals surface area (Å²) in [6, 6.07) is 9.97. The molecule has 0 aliphatic heterocycles. The number of esters is 2. The van der Waals surface area contributed by atoms with Gasteiger partial charge < -0.3 is 9.47 Å². The molecule has 2 rings (SSSR count). The van der Waals surface area contributed by atoms with Crippen LogP contribution in [0.1, 0.15) is 102 Å². The Hall–Kier alpha value is -2.10. The van der Waals surface area contributed by atoms with Gasteiger partial charge in [-0.1, -0.05) is 81.5 Å². The van der Waals surface area contributed by atoms with Crippen LogP contribution in [-0.2, 0) is 19.1 Å². The van der Waals surface area contributed by atoms with E-state index in [9.17, 15) is 9.59 Å². The van der Waals surface area contributed by atoms with Crippen LogP contribution in [0.15, 0.2) is 42.5 Å². The molecule has 4 heteroatoms. The molecule has 0 heterocycles. The van der Waals surface area contributed by atoms with Crippen LogP contribution in [0.25, 0.3) is 0 Å². The summed E-state index contributed by atoms with van der Waals surface area (Å²) >= 11 is 0. The van der Waals surface area contributed by atoms with Gasteiger partial charge in [0.15, 0.2) is 0 Å². The summed E-state index contributed by atoms with van der Waals surface area (Å²) in [5, 5.41) is 0. The summed E-state index contributed by atoms with van der Waals surface area (Å²) in [6.07, 6.45) is 16.5. The van der Waals surface area contributed by atoms with Crippen molar-refractivity contribution in [2.24, 2.45) is 5.92 Å². The van der Waals surface area contributed by atoms with Crippen LogP contribution in [0, 0.1) is 5.92 Å². The minimum absolute atomic E-state index is 0.215. The summed E-state index contributed by atoms with van der Waals surface area (Å²) in [5.74, 6) is -0.00520. The fraction of sp³-hybridized carbons (Fsp3) is 0.630. The Morgan fingerprint density at radius 3 is 2.45 bits per heavy atom. The molecular formula is C27H40O4. The van der Waals surface area contributed by atoms with Gasteiger partial charge in [0.05, 0.1) is 6.61 Å². The molecule has 0 N–H and O–H groups in total. The number of carbonyl (C=O) groups is 2. The lowest BCUT2D eigenvalue weighted by Crippen LogP contribution is -2.16. The van der Waals surface area contributed by atoms with Crippen LogP contribution in [0.2, 0.25) is 0 Å². The third-order valence-electron chi connectivity index (χ3n) is 5.84. The molecule has 1 aliphatic carbocycles. The number of hydrogen-bond donors (Lipinski definition) is 0. The Morgan fingerprint density at radius 1 is 0.968 bits per heavy atom. The van der Waals surface area contributed by atoms with E-state index < -0.39 is 0 Å². The standard InChI is InChI=1S/C27H40O4/c1-2-3-4-5-6-13-21-30-26(28)19-14-20-27(29)31-25(24-17-11-8-12-18-24)22-23-15-9-7-10-16-23/h8-9,11-12,15,17-18,23,25H,2-7,10,13-14,16,19-22H2,1H3. The van der Waals surface area contributed by atoms with E-state index in [-0.39, 0.29) is 30.9 Å². The molecule has 2 atom stereocenters. The number of ether oxygens (including phenoxy) is 2. The van der Waals surface area contributed by atoms with Crippen molar-refractivity contribution in [2.45, 2.75) is 96.5 Å². The minimum Gasteiger partial charge on any atom is -0.466 e. The SMILES string of the molecule is CCCCCCCCOC(=O)CCCC(=O)OC(CC1C=CCCC1)c1ccccc1. The Labute approximate surface area is 188 Å². The van der Waals surface area contributed by atoms with E-state index in [1.54, 1.807) is 0 Å². The second kappa shape index (κ2) is 15.7. The molecule has 4 nitrogen and oxygen atoms in total.